The molecule has 0 radical (unpaired) electrons. The Kier molecular flexibility index (Phi) is 6.20. The van der Waals surface area contributed by atoms with Crippen LogP contribution in [0.15, 0.2) is 41.3 Å². The lowest BCUT2D eigenvalue weighted by atomic mass is 10.0. The van der Waals surface area contributed by atoms with Crippen molar-refractivity contribution >= 4 is 33.2 Å². The number of carbonyl (C=O) groups excluding carboxylic acids is 2. The van der Waals surface area contributed by atoms with Crippen molar-refractivity contribution in [2.75, 3.05) is 17.2 Å². The third-order valence-corrected chi connectivity index (χ3v) is 8.20. The molecular weight excluding hydrogens is 442 g/mol. The average Bonchev–Trinajstić information content (AvgIpc) is 3.26. The molecule has 0 spiro atoms. The van der Waals surface area contributed by atoms with E-state index in [-0.39, 0.29) is 23.3 Å². The molecule has 8 nitrogen and oxygen atoms in total. The molecule has 2 aromatic carbocycles. The summed E-state index contributed by atoms with van der Waals surface area (Å²) in [6.07, 6.45) is 0.322. The first-order chi connectivity index (χ1) is 15.6. The number of fused-ring (bicyclic) bond motifs is 1. The van der Waals surface area contributed by atoms with Gasteiger partial charge in [0.25, 0.3) is 5.91 Å². The quantitative estimate of drug-likeness (QED) is 0.693. The molecule has 2 aromatic rings. The summed E-state index contributed by atoms with van der Waals surface area (Å²) < 4.78 is 34.0. The lowest BCUT2D eigenvalue weighted by Gasteiger charge is -2.27. The maximum Gasteiger partial charge on any atom is 0.265 e. The smallest absolute Gasteiger partial charge is 0.265 e. The first-order valence-corrected chi connectivity index (χ1v) is 12.6. The van der Waals surface area contributed by atoms with Crippen LogP contribution in [-0.2, 0) is 19.6 Å². The lowest BCUT2D eigenvalue weighted by molar-refractivity contribution is -0.122. The van der Waals surface area contributed by atoms with Crippen LogP contribution in [0.25, 0.3) is 0 Å². The molecule has 2 aliphatic rings. The molecule has 33 heavy (non-hydrogen) atoms. The maximum absolute atomic E-state index is 13.6. The number of benzene rings is 2. The molecular formula is C24H29N3O5S. The number of nitrogens with one attached hydrogen (secondary N) is 2. The fourth-order valence-electron chi connectivity index (χ4n) is 4.21. The SMILES string of the molecule is Cc1cc2c(cc1S(=O)(=O)N1CCC[C@@H]1C(=O)Nc1ccc(C(C)C)cc1)O[C@H](C)C(=O)N2. The summed E-state index contributed by atoms with van der Waals surface area (Å²) in [6, 6.07) is 9.82. The van der Waals surface area contributed by atoms with Crippen molar-refractivity contribution in [3.8, 4) is 5.75 Å². The van der Waals surface area contributed by atoms with Gasteiger partial charge in [0.05, 0.1) is 10.6 Å². The van der Waals surface area contributed by atoms with Crippen molar-refractivity contribution in [2.24, 2.45) is 0 Å². The molecule has 9 heteroatoms. The van der Waals surface area contributed by atoms with Gasteiger partial charge in [-0.3, -0.25) is 9.59 Å². The van der Waals surface area contributed by atoms with Crippen LogP contribution in [0.1, 0.15) is 50.7 Å². The summed E-state index contributed by atoms with van der Waals surface area (Å²) >= 11 is 0. The Morgan fingerprint density at radius 3 is 2.58 bits per heavy atom. The lowest BCUT2D eigenvalue weighted by Crippen LogP contribution is -2.43. The summed E-state index contributed by atoms with van der Waals surface area (Å²) in [5.41, 5.74) is 2.71. The van der Waals surface area contributed by atoms with Crippen molar-refractivity contribution in [1.29, 1.82) is 0 Å². The third-order valence-electron chi connectivity index (χ3n) is 6.15. The molecule has 176 valence electrons. The van der Waals surface area contributed by atoms with E-state index in [0.29, 0.717) is 41.4 Å². The molecule has 2 heterocycles. The van der Waals surface area contributed by atoms with E-state index in [1.807, 2.05) is 24.3 Å². The fourth-order valence-corrected chi connectivity index (χ4v) is 6.09. The molecule has 0 aromatic heterocycles. The second-order valence-electron chi connectivity index (χ2n) is 8.90. The molecule has 2 N–H and O–H groups in total. The average molecular weight is 472 g/mol. The van der Waals surface area contributed by atoms with Crippen LogP contribution >= 0.6 is 0 Å². The Labute approximate surface area is 194 Å². The van der Waals surface area contributed by atoms with Gasteiger partial charge in [-0.15, -0.1) is 0 Å². The summed E-state index contributed by atoms with van der Waals surface area (Å²) in [6.45, 7) is 7.71. The van der Waals surface area contributed by atoms with Gasteiger partial charge in [0, 0.05) is 18.3 Å². The highest BCUT2D eigenvalue weighted by Gasteiger charge is 2.40. The highest BCUT2D eigenvalue weighted by atomic mass is 32.2. The summed E-state index contributed by atoms with van der Waals surface area (Å²) in [5.74, 6) is 0.0541. The maximum atomic E-state index is 13.6. The molecule has 0 saturated carbocycles. The van der Waals surface area contributed by atoms with Gasteiger partial charge in [-0.1, -0.05) is 26.0 Å². The molecule has 0 aliphatic carbocycles. The van der Waals surface area contributed by atoms with Crippen LogP contribution in [0.4, 0.5) is 11.4 Å². The van der Waals surface area contributed by atoms with Gasteiger partial charge in [0.1, 0.15) is 11.8 Å². The van der Waals surface area contributed by atoms with Gasteiger partial charge < -0.3 is 15.4 Å². The van der Waals surface area contributed by atoms with Gasteiger partial charge in [-0.25, -0.2) is 8.42 Å². The minimum Gasteiger partial charge on any atom is -0.479 e. The van der Waals surface area contributed by atoms with E-state index in [0.717, 1.165) is 5.56 Å². The highest BCUT2D eigenvalue weighted by Crippen LogP contribution is 2.37. The van der Waals surface area contributed by atoms with E-state index in [1.54, 1.807) is 19.9 Å². The standard InChI is InChI=1S/C24H29N3O5S/c1-14(2)17-7-9-18(10-8-17)25-24(29)20-6-5-11-27(20)33(30,31)22-13-21-19(12-15(22)3)26-23(28)16(4)32-21/h7-10,12-14,16,20H,5-6,11H2,1-4H3,(H,25,29)(H,26,28)/t16-,20-/m1/s1. The zero-order chi connectivity index (χ0) is 23.9. The van der Waals surface area contributed by atoms with Crippen molar-refractivity contribution in [3.05, 3.63) is 47.5 Å². The highest BCUT2D eigenvalue weighted by molar-refractivity contribution is 7.89. The van der Waals surface area contributed by atoms with Gasteiger partial charge in [0.2, 0.25) is 15.9 Å². The number of carbonyl (C=O) groups is 2. The van der Waals surface area contributed by atoms with Gasteiger partial charge in [-0.2, -0.15) is 4.31 Å². The number of hydrogen-bond acceptors (Lipinski definition) is 5. The van der Waals surface area contributed by atoms with Crippen molar-refractivity contribution in [3.63, 3.8) is 0 Å². The van der Waals surface area contributed by atoms with E-state index < -0.39 is 22.2 Å². The first-order valence-electron chi connectivity index (χ1n) is 11.1. The zero-order valence-corrected chi connectivity index (χ0v) is 20.0. The minimum absolute atomic E-state index is 0.0746. The molecule has 0 unspecified atom stereocenters. The van der Waals surface area contributed by atoms with E-state index in [1.165, 1.54) is 10.4 Å². The molecule has 1 saturated heterocycles. The van der Waals surface area contributed by atoms with Gasteiger partial charge in [0.15, 0.2) is 6.10 Å². The fraction of sp³-hybridized carbons (Fsp3) is 0.417. The zero-order valence-electron chi connectivity index (χ0n) is 19.2. The predicted octanol–water partition coefficient (Wildman–Crippen LogP) is 3.63. The van der Waals surface area contributed by atoms with Crippen molar-refractivity contribution in [2.45, 2.75) is 63.5 Å². The van der Waals surface area contributed by atoms with Gasteiger partial charge >= 0.3 is 0 Å². The van der Waals surface area contributed by atoms with E-state index in [9.17, 15) is 18.0 Å². The number of hydrogen-bond donors (Lipinski definition) is 2. The Bertz CT molecular complexity index is 1190. The Hall–Kier alpha value is -2.91. The number of aryl methyl sites for hydroxylation is 1. The molecule has 2 atom stereocenters. The van der Waals surface area contributed by atoms with E-state index in [4.69, 9.17) is 4.74 Å². The van der Waals surface area contributed by atoms with E-state index in [2.05, 4.69) is 24.5 Å². The van der Waals surface area contributed by atoms with Gasteiger partial charge in [-0.05, 0) is 61.9 Å². The minimum atomic E-state index is -3.96. The molecule has 4 rings (SSSR count). The molecule has 2 aliphatic heterocycles. The van der Waals surface area contributed by atoms with Crippen LogP contribution in [0.2, 0.25) is 0 Å². The summed E-state index contributed by atoms with van der Waals surface area (Å²) in [5, 5.41) is 5.59. The number of amides is 2. The normalized spacial score (nSPS) is 20.8. The molecule has 1 fully saturated rings. The van der Waals surface area contributed by atoms with Crippen molar-refractivity contribution < 1.29 is 22.7 Å². The van der Waals surface area contributed by atoms with Crippen LogP contribution in [0, 0.1) is 6.92 Å². The van der Waals surface area contributed by atoms with Crippen LogP contribution in [-0.4, -0.2) is 43.2 Å². The number of nitrogens with zero attached hydrogens (tertiary/aromatic N) is 1. The van der Waals surface area contributed by atoms with Crippen LogP contribution in [0.5, 0.6) is 5.75 Å². The number of sulfonamides is 1. The second kappa shape index (κ2) is 8.79. The van der Waals surface area contributed by atoms with Crippen LogP contribution in [0.3, 0.4) is 0 Å². The Morgan fingerprint density at radius 1 is 1.21 bits per heavy atom. The van der Waals surface area contributed by atoms with Crippen LogP contribution < -0.4 is 15.4 Å². The number of rotatable bonds is 5. The predicted molar refractivity (Wildman–Crippen MR) is 126 cm³/mol. The number of ether oxygens (including phenoxy) is 1. The summed E-state index contributed by atoms with van der Waals surface area (Å²) in [4.78, 5) is 25.0. The molecule has 0 bridgehead atoms. The first kappa shape index (κ1) is 23.3. The third kappa shape index (κ3) is 4.47. The Balaban J connectivity index is 1.58. The largest absolute Gasteiger partial charge is 0.479 e. The summed E-state index contributed by atoms with van der Waals surface area (Å²) in [7, 11) is -3.96. The van der Waals surface area contributed by atoms with E-state index >= 15 is 0 Å². The topological polar surface area (TPSA) is 105 Å². The monoisotopic (exact) mass is 471 g/mol. The second-order valence-corrected chi connectivity index (χ2v) is 10.8. The number of anilines is 2. The molecule has 2 amide bonds. The van der Waals surface area contributed by atoms with Crippen molar-refractivity contribution in [1.82, 2.24) is 4.31 Å². The Morgan fingerprint density at radius 2 is 1.91 bits per heavy atom.